The van der Waals surface area contributed by atoms with Crippen LogP contribution in [0, 0.1) is 0 Å². The van der Waals surface area contributed by atoms with Gasteiger partial charge >= 0.3 is 0 Å². The Kier molecular flexibility index (Phi) is 3.71. The standard InChI is InChI=1S/C16H15ClN2O2/c17-13-8-11(4-6-15(13)20)16(21)19-12-5-3-10-2-1-7-18-14(10)9-12/h3-6,8-9,18,20H,1-2,7H2,(H,19,21). The van der Waals surface area contributed by atoms with Crippen LogP contribution in [0.25, 0.3) is 0 Å². The fourth-order valence-corrected chi connectivity index (χ4v) is 2.57. The maximum Gasteiger partial charge on any atom is 0.255 e. The largest absolute Gasteiger partial charge is 0.506 e. The van der Waals surface area contributed by atoms with E-state index in [1.54, 1.807) is 0 Å². The number of fused-ring (bicyclic) bond motifs is 1. The maximum atomic E-state index is 12.2. The minimum Gasteiger partial charge on any atom is -0.506 e. The van der Waals surface area contributed by atoms with Gasteiger partial charge in [-0.3, -0.25) is 4.79 Å². The number of phenols is 1. The summed E-state index contributed by atoms with van der Waals surface area (Å²) < 4.78 is 0. The molecule has 108 valence electrons. The van der Waals surface area contributed by atoms with E-state index in [0.29, 0.717) is 5.56 Å². The number of aryl methyl sites for hydroxylation is 1. The third-order valence-electron chi connectivity index (χ3n) is 3.52. The summed E-state index contributed by atoms with van der Waals surface area (Å²) in [6.45, 7) is 0.956. The van der Waals surface area contributed by atoms with Crippen molar-refractivity contribution in [2.75, 3.05) is 17.2 Å². The van der Waals surface area contributed by atoms with Crippen molar-refractivity contribution in [2.24, 2.45) is 0 Å². The van der Waals surface area contributed by atoms with Gasteiger partial charge in [0.2, 0.25) is 0 Å². The Labute approximate surface area is 127 Å². The fourth-order valence-electron chi connectivity index (χ4n) is 2.39. The van der Waals surface area contributed by atoms with Gasteiger partial charge in [-0.15, -0.1) is 0 Å². The quantitative estimate of drug-likeness (QED) is 0.793. The molecule has 0 saturated carbocycles. The molecule has 0 spiro atoms. The van der Waals surface area contributed by atoms with E-state index in [1.807, 2.05) is 18.2 Å². The minimum atomic E-state index is -0.257. The van der Waals surface area contributed by atoms with Crippen LogP contribution in [-0.4, -0.2) is 17.6 Å². The van der Waals surface area contributed by atoms with E-state index in [9.17, 15) is 9.90 Å². The molecule has 4 nitrogen and oxygen atoms in total. The summed E-state index contributed by atoms with van der Waals surface area (Å²) >= 11 is 5.82. The molecule has 0 bridgehead atoms. The Hall–Kier alpha value is -2.20. The van der Waals surface area contributed by atoms with Crippen molar-refractivity contribution in [1.29, 1.82) is 0 Å². The molecule has 2 aromatic carbocycles. The van der Waals surface area contributed by atoms with Crippen molar-refractivity contribution < 1.29 is 9.90 Å². The molecule has 3 rings (SSSR count). The molecule has 0 saturated heterocycles. The number of amides is 1. The SMILES string of the molecule is O=C(Nc1ccc2c(c1)NCCC2)c1ccc(O)c(Cl)c1. The van der Waals surface area contributed by atoms with Crippen LogP contribution in [0.3, 0.4) is 0 Å². The van der Waals surface area contributed by atoms with Gasteiger partial charge in [0.1, 0.15) is 5.75 Å². The van der Waals surface area contributed by atoms with Crippen LogP contribution in [-0.2, 0) is 6.42 Å². The van der Waals surface area contributed by atoms with E-state index in [-0.39, 0.29) is 16.7 Å². The van der Waals surface area contributed by atoms with Gasteiger partial charge in [0.15, 0.2) is 0 Å². The van der Waals surface area contributed by atoms with E-state index in [1.165, 1.54) is 23.8 Å². The number of hydrogen-bond acceptors (Lipinski definition) is 3. The minimum absolute atomic E-state index is 0.0359. The Bertz CT molecular complexity index is 701. The zero-order chi connectivity index (χ0) is 14.8. The van der Waals surface area contributed by atoms with Gasteiger partial charge in [-0.1, -0.05) is 17.7 Å². The molecule has 1 amide bonds. The van der Waals surface area contributed by atoms with E-state index in [2.05, 4.69) is 10.6 Å². The molecule has 0 aliphatic carbocycles. The van der Waals surface area contributed by atoms with Gasteiger partial charge in [-0.2, -0.15) is 0 Å². The monoisotopic (exact) mass is 302 g/mol. The van der Waals surface area contributed by atoms with Crippen LogP contribution in [0.15, 0.2) is 36.4 Å². The predicted octanol–water partition coefficient (Wildman–Crippen LogP) is 3.66. The summed E-state index contributed by atoms with van der Waals surface area (Å²) in [5.74, 6) is -0.293. The lowest BCUT2D eigenvalue weighted by Crippen LogP contribution is -2.14. The second-order valence-corrected chi connectivity index (χ2v) is 5.43. The lowest BCUT2D eigenvalue weighted by molar-refractivity contribution is 0.102. The first-order chi connectivity index (χ1) is 10.1. The van der Waals surface area contributed by atoms with Crippen molar-refractivity contribution in [3.63, 3.8) is 0 Å². The molecule has 1 aliphatic heterocycles. The maximum absolute atomic E-state index is 12.2. The number of anilines is 2. The Balaban J connectivity index is 1.79. The van der Waals surface area contributed by atoms with Crippen LogP contribution < -0.4 is 10.6 Å². The number of benzene rings is 2. The molecule has 0 atom stereocenters. The number of aromatic hydroxyl groups is 1. The van der Waals surface area contributed by atoms with Crippen LogP contribution >= 0.6 is 11.6 Å². The molecular formula is C16H15ClN2O2. The highest BCUT2D eigenvalue weighted by Crippen LogP contribution is 2.27. The zero-order valence-corrected chi connectivity index (χ0v) is 12.1. The predicted molar refractivity (Wildman–Crippen MR) is 84.3 cm³/mol. The van der Waals surface area contributed by atoms with Crippen molar-refractivity contribution in [3.05, 3.63) is 52.5 Å². The lowest BCUT2D eigenvalue weighted by Gasteiger charge is -2.18. The summed E-state index contributed by atoms with van der Waals surface area (Å²) in [7, 11) is 0. The van der Waals surface area contributed by atoms with Crippen molar-refractivity contribution >= 4 is 28.9 Å². The first kappa shape index (κ1) is 13.8. The topological polar surface area (TPSA) is 61.4 Å². The number of nitrogens with one attached hydrogen (secondary N) is 2. The molecule has 5 heteroatoms. The molecule has 3 N–H and O–H groups in total. The van der Waals surface area contributed by atoms with E-state index in [4.69, 9.17) is 11.6 Å². The van der Waals surface area contributed by atoms with E-state index >= 15 is 0 Å². The van der Waals surface area contributed by atoms with Gasteiger partial charge < -0.3 is 15.7 Å². The van der Waals surface area contributed by atoms with Crippen LogP contribution in [0.4, 0.5) is 11.4 Å². The summed E-state index contributed by atoms with van der Waals surface area (Å²) in [4.78, 5) is 12.2. The molecule has 21 heavy (non-hydrogen) atoms. The van der Waals surface area contributed by atoms with E-state index in [0.717, 1.165) is 30.8 Å². The Morgan fingerprint density at radius 1 is 1.24 bits per heavy atom. The molecule has 0 fully saturated rings. The van der Waals surface area contributed by atoms with Crippen molar-refractivity contribution in [2.45, 2.75) is 12.8 Å². The van der Waals surface area contributed by atoms with Crippen molar-refractivity contribution in [3.8, 4) is 5.75 Å². The fraction of sp³-hybridized carbons (Fsp3) is 0.188. The summed E-state index contributed by atoms with van der Waals surface area (Å²) in [5.41, 5.74) is 3.48. The number of halogens is 1. The third kappa shape index (κ3) is 2.95. The Morgan fingerprint density at radius 2 is 2.10 bits per heavy atom. The van der Waals surface area contributed by atoms with Gasteiger partial charge in [-0.25, -0.2) is 0 Å². The van der Waals surface area contributed by atoms with Gasteiger partial charge in [-0.05, 0) is 48.7 Å². The number of hydrogen-bond donors (Lipinski definition) is 3. The highest BCUT2D eigenvalue weighted by molar-refractivity contribution is 6.32. The van der Waals surface area contributed by atoms with Crippen LogP contribution in [0.5, 0.6) is 5.75 Å². The number of carbonyl (C=O) groups excluding carboxylic acids is 1. The molecule has 0 unspecified atom stereocenters. The van der Waals surface area contributed by atoms with E-state index < -0.39 is 0 Å². The average Bonchev–Trinajstić information content (AvgIpc) is 2.50. The summed E-state index contributed by atoms with van der Waals surface area (Å²) in [6.07, 6.45) is 2.19. The Morgan fingerprint density at radius 3 is 2.90 bits per heavy atom. The van der Waals surface area contributed by atoms with Crippen LogP contribution in [0.1, 0.15) is 22.3 Å². The average molecular weight is 303 g/mol. The first-order valence-corrected chi connectivity index (χ1v) is 7.18. The van der Waals surface area contributed by atoms with Gasteiger partial charge in [0, 0.05) is 23.5 Å². The smallest absolute Gasteiger partial charge is 0.255 e. The second-order valence-electron chi connectivity index (χ2n) is 5.02. The summed E-state index contributed by atoms with van der Waals surface area (Å²) in [6, 6.07) is 10.3. The van der Waals surface area contributed by atoms with Gasteiger partial charge in [0.05, 0.1) is 5.02 Å². The van der Waals surface area contributed by atoms with Crippen molar-refractivity contribution in [1.82, 2.24) is 0 Å². The first-order valence-electron chi connectivity index (χ1n) is 6.80. The molecule has 2 aromatic rings. The van der Waals surface area contributed by atoms with Gasteiger partial charge in [0.25, 0.3) is 5.91 Å². The number of carbonyl (C=O) groups is 1. The highest BCUT2D eigenvalue weighted by atomic mass is 35.5. The normalized spacial score (nSPS) is 13.2. The number of rotatable bonds is 2. The molecule has 1 heterocycles. The lowest BCUT2D eigenvalue weighted by atomic mass is 10.0. The molecule has 1 aliphatic rings. The third-order valence-corrected chi connectivity index (χ3v) is 3.82. The number of phenolic OH excluding ortho intramolecular Hbond substituents is 1. The zero-order valence-electron chi connectivity index (χ0n) is 11.3. The summed E-state index contributed by atoms with van der Waals surface area (Å²) in [5, 5.41) is 15.7. The van der Waals surface area contributed by atoms with Crippen LogP contribution in [0.2, 0.25) is 5.02 Å². The highest BCUT2D eigenvalue weighted by Gasteiger charge is 2.12. The molecular weight excluding hydrogens is 288 g/mol. The molecule has 0 aromatic heterocycles. The second kappa shape index (κ2) is 5.66. The molecule has 0 radical (unpaired) electrons.